The van der Waals surface area contributed by atoms with E-state index < -0.39 is 0 Å². The molecule has 1 aliphatic heterocycles. The summed E-state index contributed by atoms with van der Waals surface area (Å²) >= 11 is 6.01. The molecule has 1 aromatic rings. The summed E-state index contributed by atoms with van der Waals surface area (Å²) in [5.41, 5.74) is 1.87. The van der Waals surface area contributed by atoms with E-state index in [9.17, 15) is 4.79 Å². The lowest BCUT2D eigenvalue weighted by atomic mass is 10.1. The van der Waals surface area contributed by atoms with Crippen molar-refractivity contribution in [2.45, 2.75) is 52.0 Å². The summed E-state index contributed by atoms with van der Waals surface area (Å²) in [5.74, 6) is 0.0935. The molecule has 1 fully saturated rings. The highest BCUT2D eigenvalue weighted by Crippen LogP contribution is 2.20. The molecule has 0 aromatic heterocycles. The fourth-order valence-electron chi connectivity index (χ4n) is 2.95. The number of amides is 1. The molecule has 2 N–H and O–H groups in total. The van der Waals surface area contributed by atoms with Crippen LogP contribution in [0.2, 0.25) is 5.02 Å². The second kappa shape index (κ2) is 7.81. The molecule has 1 atom stereocenters. The first-order chi connectivity index (χ1) is 10.1. The molecule has 1 aliphatic rings. The molecule has 0 unspecified atom stereocenters. The van der Waals surface area contributed by atoms with Crippen molar-refractivity contribution in [3.05, 3.63) is 28.8 Å². The highest BCUT2D eigenvalue weighted by molar-refractivity contribution is 6.31. The van der Waals surface area contributed by atoms with E-state index in [1.807, 2.05) is 32.0 Å². The van der Waals surface area contributed by atoms with Gasteiger partial charge in [-0.15, -0.1) is 0 Å². The number of hydrogen-bond acceptors (Lipinski definition) is 1. The number of carbonyl (C=O) groups is 1. The number of carbonyl (C=O) groups excluding carboxylic acids is 1. The monoisotopic (exact) mass is 309 g/mol. The third-order valence-corrected chi connectivity index (χ3v) is 4.69. The number of anilines is 1. The lowest BCUT2D eigenvalue weighted by Crippen LogP contribution is -3.16. The van der Waals surface area contributed by atoms with Crippen molar-refractivity contribution in [3.63, 3.8) is 0 Å². The predicted molar refractivity (Wildman–Crippen MR) is 88.1 cm³/mol. The van der Waals surface area contributed by atoms with Crippen LogP contribution in [0.25, 0.3) is 0 Å². The zero-order valence-electron chi connectivity index (χ0n) is 13.0. The average Bonchev–Trinajstić information content (AvgIpc) is 2.42. The van der Waals surface area contributed by atoms with Gasteiger partial charge in [0, 0.05) is 10.7 Å². The Kier molecular flexibility index (Phi) is 6.07. The molecule has 21 heavy (non-hydrogen) atoms. The maximum Gasteiger partial charge on any atom is 0.282 e. The zero-order valence-corrected chi connectivity index (χ0v) is 13.8. The van der Waals surface area contributed by atoms with Crippen molar-refractivity contribution >= 4 is 23.2 Å². The Bertz CT molecular complexity index is 482. The van der Waals surface area contributed by atoms with Crippen LogP contribution in [-0.2, 0) is 4.79 Å². The van der Waals surface area contributed by atoms with Crippen molar-refractivity contribution in [1.82, 2.24) is 0 Å². The number of nitrogens with one attached hydrogen (secondary N) is 2. The normalized spacial score (nSPS) is 18.6. The van der Waals surface area contributed by atoms with Gasteiger partial charge in [0.1, 0.15) is 0 Å². The lowest BCUT2D eigenvalue weighted by molar-refractivity contribution is -0.914. The van der Waals surface area contributed by atoms with E-state index in [1.54, 1.807) is 0 Å². The Hall–Kier alpha value is -1.06. The van der Waals surface area contributed by atoms with Crippen molar-refractivity contribution in [3.8, 4) is 0 Å². The molecule has 0 saturated carbocycles. The molecule has 0 aliphatic carbocycles. The Morgan fingerprint density at radius 2 is 1.81 bits per heavy atom. The molecule has 0 spiro atoms. The number of rotatable bonds is 3. The summed E-state index contributed by atoms with van der Waals surface area (Å²) in [6.07, 6.45) is 6.39. The number of aryl methyl sites for hydroxylation is 1. The van der Waals surface area contributed by atoms with E-state index in [0.29, 0.717) is 5.02 Å². The van der Waals surface area contributed by atoms with Gasteiger partial charge in [0.05, 0.1) is 13.1 Å². The summed E-state index contributed by atoms with van der Waals surface area (Å²) < 4.78 is 0. The molecule has 116 valence electrons. The minimum atomic E-state index is -0.0125. The van der Waals surface area contributed by atoms with Gasteiger partial charge in [-0.2, -0.15) is 0 Å². The maximum absolute atomic E-state index is 12.5. The Labute approximate surface area is 132 Å². The van der Waals surface area contributed by atoms with Crippen LogP contribution in [-0.4, -0.2) is 25.0 Å². The molecule has 1 aromatic carbocycles. The number of halogens is 1. The Balaban J connectivity index is 1.99. The SMILES string of the molecule is Cc1ccc(Cl)cc1NC(=O)[C@H](C)[NH+]1CCCCCCC1. The highest BCUT2D eigenvalue weighted by Gasteiger charge is 2.25. The summed E-state index contributed by atoms with van der Waals surface area (Å²) in [6, 6.07) is 5.59. The van der Waals surface area contributed by atoms with E-state index in [4.69, 9.17) is 11.6 Å². The molecule has 1 heterocycles. The first kappa shape index (κ1) is 16.3. The highest BCUT2D eigenvalue weighted by atomic mass is 35.5. The van der Waals surface area contributed by atoms with E-state index in [1.165, 1.54) is 37.0 Å². The van der Waals surface area contributed by atoms with Gasteiger partial charge in [-0.3, -0.25) is 4.79 Å². The summed E-state index contributed by atoms with van der Waals surface area (Å²) in [7, 11) is 0. The molecule has 1 amide bonds. The number of likely N-dealkylation sites (tertiary alicyclic amines) is 1. The van der Waals surface area contributed by atoms with Gasteiger partial charge in [0.2, 0.25) is 0 Å². The summed E-state index contributed by atoms with van der Waals surface area (Å²) in [5, 5.41) is 3.69. The number of quaternary nitrogens is 1. The van der Waals surface area contributed by atoms with E-state index in [2.05, 4.69) is 5.32 Å². The van der Waals surface area contributed by atoms with Gasteiger partial charge in [0.25, 0.3) is 5.91 Å². The van der Waals surface area contributed by atoms with Crippen LogP contribution in [0.5, 0.6) is 0 Å². The largest absolute Gasteiger partial charge is 0.325 e. The fourth-order valence-corrected chi connectivity index (χ4v) is 3.12. The molecule has 4 heteroatoms. The predicted octanol–water partition coefficient (Wildman–Crippen LogP) is 2.82. The topological polar surface area (TPSA) is 33.5 Å². The number of hydrogen-bond donors (Lipinski definition) is 2. The molecule has 0 radical (unpaired) electrons. The van der Waals surface area contributed by atoms with E-state index >= 15 is 0 Å². The molecule has 1 saturated heterocycles. The Morgan fingerprint density at radius 3 is 2.48 bits per heavy atom. The summed E-state index contributed by atoms with van der Waals surface area (Å²) in [4.78, 5) is 13.9. The quantitative estimate of drug-likeness (QED) is 0.884. The molecular formula is C17H26ClN2O+. The average molecular weight is 310 g/mol. The first-order valence-electron chi connectivity index (χ1n) is 7.99. The van der Waals surface area contributed by atoms with Gasteiger partial charge < -0.3 is 10.2 Å². The molecule has 3 nitrogen and oxygen atoms in total. The van der Waals surface area contributed by atoms with Crippen LogP contribution in [0.15, 0.2) is 18.2 Å². The molecular weight excluding hydrogens is 284 g/mol. The lowest BCUT2D eigenvalue weighted by Gasteiger charge is -2.27. The zero-order chi connectivity index (χ0) is 15.2. The second-order valence-corrected chi connectivity index (χ2v) is 6.53. The van der Waals surface area contributed by atoms with E-state index in [-0.39, 0.29) is 11.9 Å². The van der Waals surface area contributed by atoms with Crippen LogP contribution in [0.1, 0.15) is 44.6 Å². The van der Waals surface area contributed by atoms with Gasteiger partial charge in [-0.1, -0.05) is 24.1 Å². The minimum absolute atomic E-state index is 0.0125. The van der Waals surface area contributed by atoms with Crippen LogP contribution >= 0.6 is 11.6 Å². The van der Waals surface area contributed by atoms with Crippen molar-refractivity contribution in [1.29, 1.82) is 0 Å². The standard InChI is InChI=1S/C17H25ClN2O/c1-13-8-9-15(18)12-16(13)19-17(21)14(2)20-10-6-4-3-5-7-11-20/h8-9,12,14H,3-7,10-11H2,1-2H3,(H,19,21)/p+1/t14-/m0/s1. The van der Waals surface area contributed by atoms with Crippen LogP contribution in [0.4, 0.5) is 5.69 Å². The third kappa shape index (κ3) is 4.72. The second-order valence-electron chi connectivity index (χ2n) is 6.10. The maximum atomic E-state index is 12.5. The third-order valence-electron chi connectivity index (χ3n) is 4.46. The van der Waals surface area contributed by atoms with Crippen molar-refractivity contribution in [2.24, 2.45) is 0 Å². The molecule has 0 bridgehead atoms. The Morgan fingerprint density at radius 1 is 1.19 bits per heavy atom. The minimum Gasteiger partial charge on any atom is -0.325 e. The van der Waals surface area contributed by atoms with Gasteiger partial charge in [-0.05, 0) is 57.2 Å². The molecule has 2 rings (SSSR count). The van der Waals surface area contributed by atoms with Crippen LogP contribution in [0, 0.1) is 6.92 Å². The smallest absolute Gasteiger partial charge is 0.282 e. The van der Waals surface area contributed by atoms with E-state index in [0.717, 1.165) is 24.3 Å². The van der Waals surface area contributed by atoms with Crippen molar-refractivity contribution in [2.75, 3.05) is 18.4 Å². The summed E-state index contributed by atoms with van der Waals surface area (Å²) in [6.45, 7) is 6.22. The fraction of sp³-hybridized carbons (Fsp3) is 0.588. The van der Waals surface area contributed by atoms with Gasteiger partial charge >= 0.3 is 0 Å². The van der Waals surface area contributed by atoms with Crippen LogP contribution < -0.4 is 10.2 Å². The van der Waals surface area contributed by atoms with Crippen LogP contribution in [0.3, 0.4) is 0 Å². The van der Waals surface area contributed by atoms with Gasteiger partial charge in [0.15, 0.2) is 6.04 Å². The first-order valence-corrected chi connectivity index (χ1v) is 8.37. The number of benzene rings is 1. The van der Waals surface area contributed by atoms with Gasteiger partial charge in [-0.25, -0.2) is 0 Å². The van der Waals surface area contributed by atoms with Crippen molar-refractivity contribution < 1.29 is 9.69 Å².